The Morgan fingerprint density at radius 1 is 0.245 bits per heavy atom. The Labute approximate surface area is 600 Å². The Hall–Kier alpha value is -1.94. The number of hydrogen-bond donors (Lipinski definition) is 3. The lowest BCUT2D eigenvalue weighted by Gasteiger charge is -2.21. The molecule has 0 spiro atoms. The molecule has 98 heavy (non-hydrogen) atoms. The quantitative estimate of drug-likeness (QED) is 0.0222. The minimum atomic E-state index is -4.96. The number of carbonyl (C=O) groups excluding carboxylic acids is 4. The molecule has 0 rings (SSSR count). The largest absolute Gasteiger partial charge is 0.472 e. The third-order valence-corrected chi connectivity index (χ3v) is 20.5. The summed E-state index contributed by atoms with van der Waals surface area (Å²) in [6, 6.07) is 0. The van der Waals surface area contributed by atoms with Gasteiger partial charge in [-0.15, -0.1) is 0 Å². The normalized spacial score (nSPS) is 13.8. The molecule has 2 unspecified atom stereocenters. The molecule has 19 heteroatoms. The van der Waals surface area contributed by atoms with Gasteiger partial charge in [0.1, 0.15) is 19.3 Å². The van der Waals surface area contributed by atoms with Gasteiger partial charge in [0.15, 0.2) is 12.2 Å². The van der Waals surface area contributed by atoms with E-state index in [1.165, 1.54) is 250 Å². The van der Waals surface area contributed by atoms with Crippen molar-refractivity contribution in [3.8, 4) is 0 Å². The smallest absolute Gasteiger partial charge is 0.462 e. The summed E-state index contributed by atoms with van der Waals surface area (Å²) in [6.45, 7) is 4.89. The van der Waals surface area contributed by atoms with Crippen LogP contribution in [0.1, 0.15) is 426 Å². The first kappa shape index (κ1) is 96.1. The van der Waals surface area contributed by atoms with Crippen LogP contribution in [0.5, 0.6) is 0 Å². The van der Waals surface area contributed by atoms with Gasteiger partial charge in [-0.25, -0.2) is 9.13 Å². The first-order valence-electron chi connectivity index (χ1n) is 41.3. The molecule has 3 N–H and O–H groups in total. The van der Waals surface area contributed by atoms with Crippen molar-refractivity contribution < 1.29 is 80.2 Å². The molecular weight excluding hydrogens is 1280 g/mol. The fraction of sp³-hybridized carbons (Fsp3) is 0.949. The van der Waals surface area contributed by atoms with E-state index in [-0.39, 0.29) is 25.7 Å². The second-order valence-electron chi connectivity index (χ2n) is 28.5. The van der Waals surface area contributed by atoms with Crippen LogP contribution in [0, 0.1) is 0 Å². The molecule has 0 fully saturated rings. The molecule has 0 radical (unpaired) electrons. The monoisotopic (exact) mass is 1440 g/mol. The van der Waals surface area contributed by atoms with Gasteiger partial charge in [0.2, 0.25) is 0 Å². The number of hydrogen-bond acceptors (Lipinski definition) is 15. The highest BCUT2D eigenvalue weighted by atomic mass is 31.2. The Bertz CT molecular complexity index is 1860. The van der Waals surface area contributed by atoms with Crippen LogP contribution in [-0.4, -0.2) is 96.7 Å². The molecule has 17 nitrogen and oxygen atoms in total. The zero-order valence-electron chi connectivity index (χ0n) is 63.8. The molecule has 0 aliphatic rings. The molecule has 0 aliphatic heterocycles. The number of esters is 4. The van der Waals surface area contributed by atoms with Gasteiger partial charge in [0, 0.05) is 25.7 Å². The van der Waals surface area contributed by atoms with Crippen LogP contribution in [-0.2, 0) is 65.4 Å². The van der Waals surface area contributed by atoms with Crippen molar-refractivity contribution in [3.05, 3.63) is 0 Å². The average molecular weight is 1440 g/mol. The highest BCUT2D eigenvalue weighted by molar-refractivity contribution is 7.47. The molecule has 582 valence electrons. The molecule has 0 bridgehead atoms. The number of rotatable bonds is 80. The van der Waals surface area contributed by atoms with Crippen molar-refractivity contribution in [2.75, 3.05) is 39.6 Å². The molecule has 0 amide bonds. The summed E-state index contributed by atoms with van der Waals surface area (Å²) in [4.78, 5) is 72.5. The molecule has 0 saturated carbocycles. The fourth-order valence-electron chi connectivity index (χ4n) is 12.3. The number of phosphoric acid groups is 2. The lowest BCUT2D eigenvalue weighted by molar-refractivity contribution is -0.161. The minimum absolute atomic E-state index is 0.106. The summed E-state index contributed by atoms with van der Waals surface area (Å²) in [5.41, 5.74) is 0. The van der Waals surface area contributed by atoms with Gasteiger partial charge < -0.3 is 33.8 Å². The molecule has 5 atom stereocenters. The number of ether oxygens (including phenoxy) is 4. The molecule has 0 heterocycles. The van der Waals surface area contributed by atoms with E-state index in [0.717, 1.165) is 96.3 Å². The maximum Gasteiger partial charge on any atom is 0.472 e. The van der Waals surface area contributed by atoms with E-state index in [4.69, 9.17) is 37.0 Å². The lowest BCUT2D eigenvalue weighted by Crippen LogP contribution is -2.30. The summed E-state index contributed by atoms with van der Waals surface area (Å²) >= 11 is 0. The Morgan fingerprint density at radius 3 is 0.602 bits per heavy atom. The maximum absolute atomic E-state index is 13.1. The summed E-state index contributed by atoms with van der Waals surface area (Å²) in [5, 5.41) is 10.6. The van der Waals surface area contributed by atoms with Gasteiger partial charge in [-0.1, -0.05) is 374 Å². The van der Waals surface area contributed by atoms with Crippen molar-refractivity contribution >= 4 is 39.5 Å². The van der Waals surface area contributed by atoms with Crippen molar-refractivity contribution in [1.29, 1.82) is 0 Å². The van der Waals surface area contributed by atoms with E-state index in [9.17, 15) is 43.2 Å². The van der Waals surface area contributed by atoms with E-state index in [0.29, 0.717) is 25.7 Å². The van der Waals surface area contributed by atoms with Crippen molar-refractivity contribution in [2.45, 2.75) is 444 Å². The topological polar surface area (TPSA) is 237 Å². The highest BCUT2D eigenvalue weighted by Gasteiger charge is 2.30. The van der Waals surface area contributed by atoms with Crippen molar-refractivity contribution in [1.82, 2.24) is 0 Å². The van der Waals surface area contributed by atoms with Crippen molar-refractivity contribution in [3.63, 3.8) is 0 Å². The number of phosphoric ester groups is 2. The number of aliphatic hydroxyl groups excluding tert-OH is 1. The van der Waals surface area contributed by atoms with E-state index in [1.807, 2.05) is 0 Å². The van der Waals surface area contributed by atoms with Crippen LogP contribution in [0.2, 0.25) is 0 Å². The average Bonchev–Trinajstić information content (AvgIpc) is 1.04. The van der Waals surface area contributed by atoms with Crippen LogP contribution in [0.25, 0.3) is 0 Å². The predicted molar refractivity (Wildman–Crippen MR) is 400 cm³/mol. The van der Waals surface area contributed by atoms with Crippen LogP contribution in [0.3, 0.4) is 0 Å². The summed E-state index contributed by atoms with van der Waals surface area (Å²) in [7, 11) is -9.90. The zero-order valence-corrected chi connectivity index (χ0v) is 65.6. The molecule has 0 aliphatic carbocycles. The van der Waals surface area contributed by atoms with E-state index in [1.54, 1.807) is 0 Å². The van der Waals surface area contributed by atoms with E-state index >= 15 is 0 Å². The second-order valence-corrected chi connectivity index (χ2v) is 31.4. The Morgan fingerprint density at radius 2 is 0.408 bits per heavy atom. The molecule has 0 aromatic heterocycles. The molecular formula is C79H154O17P2. The Kier molecular flexibility index (Phi) is 71.9. The highest BCUT2D eigenvalue weighted by Crippen LogP contribution is 2.45. The standard InChI is InChI=1S/C79H154O17P2/c1-5-9-13-17-20-23-26-28-30-32-34-36-38-40-42-44-46-48-51-54-58-62-66-79(84)96-75(70-90-77(82)64-60-56-52-50-47-45-43-41-39-37-35-33-31-29-27-24-21-18-14-10-6-2)72-94-98(87,88)92-68-73(80)67-91-97(85,86)93-71-74(69-89-76(81)63-59-55-16-12-8-4)95-78(83)65-61-57-53-49-25-22-19-15-11-7-3/h73-75,80H,5-72H2,1-4H3,(H,85,86)(H,87,88)/t73-,74+,75+/m0/s1. The second kappa shape index (κ2) is 73.4. The Balaban J connectivity index is 5.07. The SMILES string of the molecule is CCCCCCCCCCCCCCCCCCCCCCCCC(=O)O[C@H](COC(=O)CCCCCCCCCCCCCCCCCCCCCCC)COP(=O)(O)OC[C@@H](O)COP(=O)(O)OC[C@@H](COC(=O)CCCCCCC)OC(=O)CCCCCCCCCCCC. The van der Waals surface area contributed by atoms with Gasteiger partial charge in [0.25, 0.3) is 0 Å². The number of carbonyl (C=O) groups is 4. The van der Waals surface area contributed by atoms with Crippen LogP contribution < -0.4 is 0 Å². The van der Waals surface area contributed by atoms with E-state index in [2.05, 4.69) is 27.7 Å². The molecule has 0 aromatic carbocycles. The van der Waals surface area contributed by atoms with Gasteiger partial charge in [0.05, 0.1) is 26.4 Å². The van der Waals surface area contributed by atoms with Gasteiger partial charge in [-0.2, -0.15) is 0 Å². The first-order valence-corrected chi connectivity index (χ1v) is 44.3. The maximum atomic E-state index is 13.1. The van der Waals surface area contributed by atoms with Gasteiger partial charge in [-0.3, -0.25) is 37.3 Å². The van der Waals surface area contributed by atoms with Crippen LogP contribution in [0.15, 0.2) is 0 Å². The number of unbranched alkanes of at least 4 members (excludes halogenated alkanes) is 54. The lowest BCUT2D eigenvalue weighted by atomic mass is 10.0. The molecule has 0 saturated heterocycles. The summed E-state index contributed by atoms with van der Waals surface area (Å²) < 4.78 is 68.3. The summed E-state index contributed by atoms with van der Waals surface area (Å²) in [5.74, 6) is -2.12. The van der Waals surface area contributed by atoms with Crippen LogP contribution in [0.4, 0.5) is 0 Å². The van der Waals surface area contributed by atoms with Gasteiger partial charge >= 0.3 is 39.5 Å². The summed E-state index contributed by atoms with van der Waals surface area (Å²) in [6.07, 6.45) is 66.0. The third kappa shape index (κ3) is 72.4. The molecule has 0 aromatic rings. The van der Waals surface area contributed by atoms with E-state index < -0.39 is 97.5 Å². The third-order valence-electron chi connectivity index (χ3n) is 18.6. The predicted octanol–water partition coefficient (Wildman–Crippen LogP) is 23.8. The fourth-order valence-corrected chi connectivity index (χ4v) is 13.9. The number of aliphatic hydroxyl groups is 1. The first-order chi connectivity index (χ1) is 47.7. The zero-order chi connectivity index (χ0) is 71.8. The van der Waals surface area contributed by atoms with Gasteiger partial charge in [-0.05, 0) is 25.7 Å². The van der Waals surface area contributed by atoms with Crippen LogP contribution >= 0.6 is 15.6 Å². The van der Waals surface area contributed by atoms with Crippen molar-refractivity contribution in [2.24, 2.45) is 0 Å². The minimum Gasteiger partial charge on any atom is -0.462 e.